The highest BCUT2D eigenvalue weighted by molar-refractivity contribution is 6.30. The van der Waals surface area contributed by atoms with Gasteiger partial charge >= 0.3 is 0 Å². The van der Waals surface area contributed by atoms with Gasteiger partial charge in [-0.3, -0.25) is 0 Å². The van der Waals surface area contributed by atoms with Crippen molar-refractivity contribution in [2.24, 2.45) is 0 Å². The summed E-state index contributed by atoms with van der Waals surface area (Å²) in [6, 6.07) is 15.6. The van der Waals surface area contributed by atoms with Crippen LogP contribution in [0.3, 0.4) is 0 Å². The van der Waals surface area contributed by atoms with Gasteiger partial charge in [-0.2, -0.15) is 5.10 Å². The van der Waals surface area contributed by atoms with E-state index in [0.29, 0.717) is 10.8 Å². The summed E-state index contributed by atoms with van der Waals surface area (Å²) in [6.07, 6.45) is 1.79. The number of aryl methyl sites for hydroxylation is 1. The first kappa shape index (κ1) is 12.8. The van der Waals surface area contributed by atoms with Gasteiger partial charge in [0.05, 0.1) is 11.9 Å². The lowest BCUT2D eigenvalue weighted by atomic mass is 10.0. The van der Waals surface area contributed by atoms with Crippen LogP contribution in [0.5, 0.6) is 0 Å². The Morgan fingerprint density at radius 3 is 2.60 bits per heavy atom. The average Bonchev–Trinajstić information content (AvgIpc) is 2.81. The molecule has 0 unspecified atom stereocenters. The first-order chi connectivity index (χ1) is 9.66. The fourth-order valence-electron chi connectivity index (χ4n) is 2.25. The molecule has 3 aromatic rings. The Kier molecular flexibility index (Phi) is 3.20. The van der Waals surface area contributed by atoms with Crippen molar-refractivity contribution in [3.05, 3.63) is 65.3 Å². The second-order valence-corrected chi connectivity index (χ2v) is 5.09. The van der Waals surface area contributed by atoms with Gasteiger partial charge in [-0.15, -0.1) is 0 Å². The Labute approximate surface area is 122 Å². The molecule has 100 valence electrons. The maximum Gasteiger partial charge on any atom is 0.135 e. The molecule has 2 aromatic carbocycles. The number of aromatic nitrogens is 2. The highest BCUT2D eigenvalue weighted by Gasteiger charge is 2.12. The molecule has 0 amide bonds. The van der Waals surface area contributed by atoms with E-state index in [1.54, 1.807) is 10.9 Å². The van der Waals surface area contributed by atoms with E-state index >= 15 is 0 Å². The molecule has 0 saturated heterocycles. The van der Waals surface area contributed by atoms with E-state index < -0.39 is 0 Å². The lowest BCUT2D eigenvalue weighted by Gasteiger charge is -2.07. The minimum Gasteiger partial charge on any atom is -0.383 e. The molecule has 0 fully saturated rings. The van der Waals surface area contributed by atoms with Crippen LogP contribution in [-0.4, -0.2) is 9.78 Å². The lowest BCUT2D eigenvalue weighted by Crippen LogP contribution is -2.02. The summed E-state index contributed by atoms with van der Waals surface area (Å²) in [5.41, 5.74) is 10.3. The molecule has 1 aromatic heterocycles. The van der Waals surface area contributed by atoms with Gasteiger partial charge < -0.3 is 5.73 Å². The molecule has 0 bridgehead atoms. The molecule has 3 nitrogen and oxygen atoms in total. The van der Waals surface area contributed by atoms with Crippen LogP contribution < -0.4 is 5.73 Å². The number of benzene rings is 2. The van der Waals surface area contributed by atoms with Crippen LogP contribution in [0.1, 0.15) is 5.56 Å². The molecule has 4 heteroatoms. The minimum atomic E-state index is 0.613. The predicted molar refractivity (Wildman–Crippen MR) is 83.2 cm³/mol. The fourth-order valence-corrected chi connectivity index (χ4v) is 2.44. The number of nitrogens with zero attached hydrogens (tertiary/aromatic N) is 2. The zero-order chi connectivity index (χ0) is 14.1. The molecule has 0 radical (unpaired) electrons. The van der Waals surface area contributed by atoms with Crippen molar-refractivity contribution in [1.82, 2.24) is 9.78 Å². The maximum absolute atomic E-state index is 6.24. The van der Waals surface area contributed by atoms with Gasteiger partial charge in [-0.1, -0.05) is 41.9 Å². The number of nitrogen functional groups attached to an aromatic ring is 1. The van der Waals surface area contributed by atoms with Crippen LogP contribution in [0.15, 0.2) is 54.7 Å². The standard InChI is InChI=1S/C16H14ClN3/c1-11-5-2-3-8-14(11)15-10-19-20(16(15)18)13-7-4-6-12(17)9-13/h2-10H,18H2,1H3. The molecule has 2 N–H and O–H groups in total. The van der Waals surface area contributed by atoms with Gasteiger partial charge in [-0.25, -0.2) is 4.68 Å². The summed E-state index contributed by atoms with van der Waals surface area (Å²) >= 11 is 6.01. The third kappa shape index (κ3) is 2.17. The molecule has 0 atom stereocenters. The summed E-state index contributed by atoms with van der Waals surface area (Å²) in [5, 5.41) is 5.04. The molecule has 0 saturated carbocycles. The second kappa shape index (κ2) is 5.02. The van der Waals surface area contributed by atoms with Crippen molar-refractivity contribution >= 4 is 17.4 Å². The fraction of sp³-hybridized carbons (Fsp3) is 0.0625. The SMILES string of the molecule is Cc1ccccc1-c1cnn(-c2cccc(Cl)c2)c1N. The highest BCUT2D eigenvalue weighted by Crippen LogP contribution is 2.30. The molecular formula is C16H14ClN3. The zero-order valence-electron chi connectivity index (χ0n) is 11.0. The number of nitrogens with two attached hydrogens (primary N) is 1. The largest absolute Gasteiger partial charge is 0.383 e. The summed E-state index contributed by atoms with van der Waals surface area (Å²) in [7, 11) is 0. The zero-order valence-corrected chi connectivity index (χ0v) is 11.8. The van der Waals surface area contributed by atoms with Crippen molar-refractivity contribution in [2.45, 2.75) is 6.92 Å². The quantitative estimate of drug-likeness (QED) is 0.770. The van der Waals surface area contributed by atoms with Crippen molar-refractivity contribution < 1.29 is 0 Å². The predicted octanol–water partition coefficient (Wildman–Crippen LogP) is 4.08. The van der Waals surface area contributed by atoms with Crippen LogP contribution in [0.2, 0.25) is 5.02 Å². The van der Waals surface area contributed by atoms with E-state index in [-0.39, 0.29) is 0 Å². The van der Waals surface area contributed by atoms with E-state index in [0.717, 1.165) is 16.8 Å². The maximum atomic E-state index is 6.24. The van der Waals surface area contributed by atoms with Gasteiger partial charge in [0.1, 0.15) is 5.82 Å². The third-order valence-electron chi connectivity index (χ3n) is 3.29. The van der Waals surface area contributed by atoms with Crippen molar-refractivity contribution in [3.8, 4) is 16.8 Å². The molecule has 0 spiro atoms. The Balaban J connectivity index is 2.12. The Hall–Kier alpha value is -2.26. The van der Waals surface area contributed by atoms with Crippen LogP contribution >= 0.6 is 11.6 Å². The monoisotopic (exact) mass is 283 g/mol. The number of rotatable bonds is 2. The first-order valence-corrected chi connectivity index (χ1v) is 6.70. The third-order valence-corrected chi connectivity index (χ3v) is 3.53. The van der Waals surface area contributed by atoms with Crippen molar-refractivity contribution in [1.29, 1.82) is 0 Å². The minimum absolute atomic E-state index is 0.613. The topological polar surface area (TPSA) is 43.8 Å². The highest BCUT2D eigenvalue weighted by atomic mass is 35.5. The van der Waals surface area contributed by atoms with Crippen LogP contribution in [-0.2, 0) is 0 Å². The molecule has 1 heterocycles. The van der Waals surface area contributed by atoms with Gasteiger partial charge in [0, 0.05) is 10.6 Å². The number of halogens is 1. The Bertz CT molecular complexity index is 762. The van der Waals surface area contributed by atoms with E-state index in [9.17, 15) is 0 Å². The van der Waals surface area contributed by atoms with E-state index in [2.05, 4.69) is 18.1 Å². The smallest absolute Gasteiger partial charge is 0.135 e. The first-order valence-electron chi connectivity index (χ1n) is 6.32. The van der Waals surface area contributed by atoms with Crippen molar-refractivity contribution in [3.63, 3.8) is 0 Å². The number of hydrogen-bond donors (Lipinski definition) is 1. The number of anilines is 1. The Morgan fingerprint density at radius 2 is 1.85 bits per heavy atom. The molecule has 0 aliphatic rings. The molecule has 3 rings (SSSR count). The summed E-state index contributed by atoms with van der Waals surface area (Å²) in [6.45, 7) is 2.06. The van der Waals surface area contributed by atoms with Crippen molar-refractivity contribution in [2.75, 3.05) is 5.73 Å². The summed E-state index contributed by atoms with van der Waals surface area (Å²) < 4.78 is 1.70. The van der Waals surface area contributed by atoms with Gasteiger partial charge in [0.2, 0.25) is 0 Å². The van der Waals surface area contributed by atoms with Gasteiger partial charge in [-0.05, 0) is 36.2 Å². The molecule has 20 heavy (non-hydrogen) atoms. The molecule has 0 aliphatic heterocycles. The second-order valence-electron chi connectivity index (χ2n) is 4.65. The van der Waals surface area contributed by atoms with E-state index in [1.807, 2.05) is 42.5 Å². The molecular weight excluding hydrogens is 270 g/mol. The van der Waals surface area contributed by atoms with Crippen LogP contribution in [0.25, 0.3) is 16.8 Å². The Morgan fingerprint density at radius 1 is 1.05 bits per heavy atom. The number of hydrogen-bond acceptors (Lipinski definition) is 2. The lowest BCUT2D eigenvalue weighted by molar-refractivity contribution is 0.891. The van der Waals surface area contributed by atoms with E-state index in [1.165, 1.54) is 5.56 Å². The van der Waals surface area contributed by atoms with Crippen LogP contribution in [0.4, 0.5) is 5.82 Å². The summed E-state index contributed by atoms with van der Waals surface area (Å²) in [4.78, 5) is 0. The normalized spacial score (nSPS) is 10.7. The van der Waals surface area contributed by atoms with Gasteiger partial charge in [0.15, 0.2) is 0 Å². The van der Waals surface area contributed by atoms with E-state index in [4.69, 9.17) is 17.3 Å². The average molecular weight is 284 g/mol. The summed E-state index contributed by atoms with van der Waals surface area (Å²) in [5.74, 6) is 0.613. The van der Waals surface area contributed by atoms with Crippen LogP contribution in [0, 0.1) is 6.92 Å². The molecule has 0 aliphatic carbocycles. The van der Waals surface area contributed by atoms with Gasteiger partial charge in [0.25, 0.3) is 0 Å².